The fourth-order valence-electron chi connectivity index (χ4n) is 4.84. The molecule has 3 nitrogen and oxygen atoms in total. The van der Waals surface area contributed by atoms with E-state index in [1.807, 2.05) is 38.1 Å². The lowest BCUT2D eigenvalue weighted by molar-refractivity contribution is -0.137. The van der Waals surface area contributed by atoms with Crippen LogP contribution in [0, 0.1) is 11.8 Å². The highest BCUT2D eigenvalue weighted by molar-refractivity contribution is 6.36. The van der Waals surface area contributed by atoms with E-state index in [1.165, 1.54) is 20.0 Å². The summed E-state index contributed by atoms with van der Waals surface area (Å²) in [4.78, 5) is 0. The second-order valence-corrected chi connectivity index (χ2v) is 10.2. The average molecular weight is 599 g/mol. The smallest absolute Gasteiger partial charge is 0.431 e. The highest BCUT2D eigenvalue weighted by atomic mass is 35.5. The van der Waals surface area contributed by atoms with E-state index in [0.29, 0.717) is 36.2 Å². The maximum absolute atomic E-state index is 13.6. The number of hydrogen-bond donors (Lipinski definition) is 0. The molecule has 0 aliphatic heterocycles. The Hall–Kier alpha value is -3.20. The Bertz CT molecular complexity index is 1330. The number of hydrazone groups is 1. The van der Waals surface area contributed by atoms with E-state index in [0.717, 1.165) is 28.5 Å². The molecule has 0 saturated carbocycles. The summed E-state index contributed by atoms with van der Waals surface area (Å²) in [7, 11) is 1.33. The van der Waals surface area contributed by atoms with Crippen molar-refractivity contribution >= 4 is 22.9 Å². The monoisotopic (exact) mass is 598 g/mol. The van der Waals surface area contributed by atoms with E-state index >= 15 is 0 Å². The molecule has 3 rings (SSSR count). The number of rotatable bonds is 10. The molecule has 0 amide bonds. The molecule has 0 fully saturated rings. The van der Waals surface area contributed by atoms with Gasteiger partial charge in [0.1, 0.15) is 11.5 Å². The number of allylic oxidation sites excluding steroid dienone is 3. The van der Waals surface area contributed by atoms with Crippen LogP contribution in [0.1, 0.15) is 50.3 Å². The third kappa shape index (κ3) is 7.97. The van der Waals surface area contributed by atoms with Crippen LogP contribution in [0.4, 0.5) is 26.3 Å². The highest BCUT2D eigenvalue weighted by Gasteiger charge is 2.36. The zero-order valence-electron chi connectivity index (χ0n) is 23.3. The highest BCUT2D eigenvalue weighted by Crippen LogP contribution is 2.46. The van der Waals surface area contributed by atoms with Gasteiger partial charge in [0.2, 0.25) is 0 Å². The lowest BCUT2D eigenvalue weighted by Crippen LogP contribution is -2.27. The molecule has 0 heterocycles. The molecule has 2 atom stereocenters. The van der Waals surface area contributed by atoms with Crippen molar-refractivity contribution in [3.05, 3.63) is 94.2 Å². The van der Waals surface area contributed by atoms with Crippen molar-refractivity contribution in [1.29, 1.82) is 0 Å². The Labute approximate surface area is 241 Å². The minimum absolute atomic E-state index is 0.103. The van der Waals surface area contributed by atoms with Gasteiger partial charge >= 0.3 is 12.4 Å². The fraction of sp³-hybridized carbons (Fsp3) is 0.387. The Morgan fingerprint density at radius 3 is 2.27 bits per heavy atom. The number of ether oxygens (including phenoxy) is 1. The van der Waals surface area contributed by atoms with Gasteiger partial charge in [0.15, 0.2) is 0 Å². The third-order valence-corrected chi connectivity index (χ3v) is 7.43. The summed E-state index contributed by atoms with van der Waals surface area (Å²) < 4.78 is 86.4. The third-order valence-electron chi connectivity index (χ3n) is 7.02. The largest absolute Gasteiger partial charge is 0.494 e. The summed E-state index contributed by atoms with van der Waals surface area (Å²) in [5.74, 6) is 0.246. The summed E-state index contributed by atoms with van der Waals surface area (Å²) in [6.07, 6.45) is -6.54. The van der Waals surface area contributed by atoms with Gasteiger partial charge in [-0.15, -0.1) is 0 Å². The molecule has 0 spiro atoms. The minimum atomic E-state index is -4.62. The predicted molar refractivity (Wildman–Crippen MR) is 152 cm³/mol. The second-order valence-electron chi connectivity index (χ2n) is 9.84. The van der Waals surface area contributed by atoms with Crippen molar-refractivity contribution in [3.63, 3.8) is 0 Å². The Morgan fingerprint density at radius 1 is 1.05 bits per heavy atom. The van der Waals surface area contributed by atoms with Gasteiger partial charge in [-0.05, 0) is 79.0 Å². The van der Waals surface area contributed by atoms with E-state index < -0.39 is 23.6 Å². The molecule has 0 saturated heterocycles. The molecule has 10 heteroatoms. The van der Waals surface area contributed by atoms with Gasteiger partial charge in [-0.25, -0.2) is 0 Å². The normalized spacial score (nSPS) is 18.3. The van der Waals surface area contributed by atoms with Crippen LogP contribution in [-0.2, 0) is 12.6 Å². The van der Waals surface area contributed by atoms with Crippen molar-refractivity contribution in [1.82, 2.24) is 5.01 Å². The molecule has 0 aromatic heterocycles. The van der Waals surface area contributed by atoms with Gasteiger partial charge in [0.05, 0.1) is 22.9 Å². The van der Waals surface area contributed by atoms with Gasteiger partial charge in [0.25, 0.3) is 0 Å². The summed E-state index contributed by atoms with van der Waals surface area (Å²) in [6, 6.07) is 12.5. The number of nitrogens with zero attached hydrogens (tertiary/aromatic N) is 2. The van der Waals surface area contributed by atoms with E-state index in [4.69, 9.17) is 16.3 Å². The van der Waals surface area contributed by atoms with Crippen LogP contribution >= 0.6 is 11.6 Å². The zero-order chi connectivity index (χ0) is 30.5. The maximum Gasteiger partial charge on any atom is 0.431 e. The fourth-order valence-corrected chi connectivity index (χ4v) is 5.26. The SMILES string of the molecule is C=C(C1=C[C@@H](C)C(CCc2ccc(OCC)cc2)C(c2cccc(C(F)(F)F)c2)=C1Cl)N(C)/N=C(\CC)C(F)(F)F. The van der Waals surface area contributed by atoms with Crippen LogP contribution < -0.4 is 4.74 Å². The second kappa shape index (κ2) is 13.2. The van der Waals surface area contributed by atoms with Gasteiger partial charge < -0.3 is 4.74 Å². The number of likely N-dealkylation sites (N-methyl/N-ethyl adjacent to an activating group) is 1. The molecule has 222 valence electrons. The summed E-state index contributed by atoms with van der Waals surface area (Å²) in [5, 5.41) is 4.85. The summed E-state index contributed by atoms with van der Waals surface area (Å²) in [5.41, 5.74) is 0.421. The van der Waals surface area contributed by atoms with Gasteiger partial charge in [-0.3, -0.25) is 5.01 Å². The van der Waals surface area contributed by atoms with Crippen LogP contribution in [0.25, 0.3) is 5.57 Å². The minimum Gasteiger partial charge on any atom is -0.494 e. The number of benzene rings is 2. The lowest BCUT2D eigenvalue weighted by Gasteiger charge is -2.33. The summed E-state index contributed by atoms with van der Waals surface area (Å²) in [6.45, 7) is 9.62. The first-order valence-corrected chi connectivity index (χ1v) is 13.6. The summed E-state index contributed by atoms with van der Waals surface area (Å²) >= 11 is 6.90. The van der Waals surface area contributed by atoms with Crippen molar-refractivity contribution < 1.29 is 31.1 Å². The molecule has 2 aromatic rings. The molecule has 1 aliphatic rings. The first-order chi connectivity index (χ1) is 19.2. The van der Waals surface area contributed by atoms with Crippen molar-refractivity contribution in [2.45, 2.75) is 52.4 Å². The molecule has 0 radical (unpaired) electrons. The van der Waals surface area contributed by atoms with E-state index in [1.54, 1.807) is 12.1 Å². The number of alkyl halides is 6. The van der Waals surface area contributed by atoms with Gasteiger partial charge in [0, 0.05) is 12.6 Å². The Morgan fingerprint density at radius 2 is 1.71 bits per heavy atom. The maximum atomic E-state index is 13.6. The van der Waals surface area contributed by atoms with Crippen LogP contribution in [0.3, 0.4) is 0 Å². The molecule has 0 bridgehead atoms. The quantitative estimate of drug-likeness (QED) is 0.154. The average Bonchev–Trinajstić information content (AvgIpc) is 2.91. The zero-order valence-corrected chi connectivity index (χ0v) is 24.1. The molecular weight excluding hydrogens is 566 g/mol. The number of hydrogen-bond acceptors (Lipinski definition) is 3. The predicted octanol–water partition coefficient (Wildman–Crippen LogP) is 9.65. The lowest BCUT2D eigenvalue weighted by atomic mass is 9.74. The van der Waals surface area contributed by atoms with Gasteiger partial charge in [-0.2, -0.15) is 31.4 Å². The first kappa shape index (κ1) is 32.3. The van der Waals surface area contributed by atoms with Crippen LogP contribution in [0.5, 0.6) is 5.75 Å². The molecular formula is C31H33ClF6N2O. The topological polar surface area (TPSA) is 24.8 Å². The van der Waals surface area contributed by atoms with E-state index in [-0.39, 0.29) is 29.0 Å². The van der Waals surface area contributed by atoms with E-state index in [2.05, 4.69) is 11.7 Å². The molecule has 2 aromatic carbocycles. The number of aryl methyl sites for hydroxylation is 1. The van der Waals surface area contributed by atoms with Crippen LogP contribution in [0.15, 0.2) is 82.6 Å². The van der Waals surface area contributed by atoms with Crippen molar-refractivity contribution in [2.24, 2.45) is 16.9 Å². The number of halogens is 7. The molecule has 0 N–H and O–H groups in total. The molecule has 1 unspecified atom stereocenters. The van der Waals surface area contributed by atoms with Crippen LogP contribution in [0.2, 0.25) is 0 Å². The van der Waals surface area contributed by atoms with Gasteiger partial charge in [-0.1, -0.05) is 62.4 Å². The van der Waals surface area contributed by atoms with Crippen LogP contribution in [-0.4, -0.2) is 30.6 Å². The van der Waals surface area contributed by atoms with E-state index in [9.17, 15) is 26.3 Å². The molecule has 41 heavy (non-hydrogen) atoms. The Balaban J connectivity index is 2.04. The van der Waals surface area contributed by atoms with Crippen molar-refractivity contribution in [3.8, 4) is 5.75 Å². The Kier molecular flexibility index (Phi) is 10.4. The molecule has 1 aliphatic carbocycles. The first-order valence-electron chi connectivity index (χ1n) is 13.3. The van der Waals surface area contributed by atoms with Crippen molar-refractivity contribution in [2.75, 3.05) is 13.7 Å². The standard InChI is InChI=1S/C31H33ClF6N2O/c1-6-27(31(36,37)38)39-40(5)20(4)26-17-19(3)25(16-13-21-11-14-24(15-12-21)41-7-2)28(29(26)32)22-9-8-10-23(18-22)30(33,34)35/h8-12,14-15,17-19,25H,4,6-7,13,16H2,1-3,5H3/b39-27+/t19-,25?/m1/s1.